The number of rotatable bonds is 10. The van der Waals surface area contributed by atoms with Gasteiger partial charge >= 0.3 is 0 Å². The van der Waals surface area contributed by atoms with E-state index in [9.17, 15) is 13.2 Å². The molecule has 0 bridgehead atoms. The second-order valence-electron chi connectivity index (χ2n) is 9.84. The smallest absolute Gasteiger partial charge is 0.238 e. The number of thiol groups is 1. The number of hydrogen-bond acceptors (Lipinski definition) is 10. The predicted octanol–water partition coefficient (Wildman–Crippen LogP) is 3.24. The molecule has 1 aromatic heterocycles. The van der Waals surface area contributed by atoms with Crippen LogP contribution in [-0.2, 0) is 15.7 Å². The summed E-state index contributed by atoms with van der Waals surface area (Å²) in [6.45, 7) is 3.68. The number of carbonyl (C=O) groups excluding carboxylic acids is 1. The van der Waals surface area contributed by atoms with Crippen molar-refractivity contribution in [1.82, 2.24) is 19.8 Å². The van der Waals surface area contributed by atoms with E-state index in [1.807, 2.05) is 6.07 Å². The molecule has 0 saturated carbocycles. The Hall–Kier alpha value is -4.46. The number of carbonyl (C=O) groups is 1. The van der Waals surface area contributed by atoms with Crippen LogP contribution >= 0.6 is 0 Å². The van der Waals surface area contributed by atoms with Crippen molar-refractivity contribution in [2.75, 3.05) is 68.9 Å². The fraction of sp³-hybridized carbons (Fsp3) is 0.276. The molecule has 2 N–H and O–H groups in total. The monoisotopic (exact) mass is 591 g/mol. The summed E-state index contributed by atoms with van der Waals surface area (Å²) in [5.74, 6) is 1.17. The Balaban J connectivity index is 1.49. The number of hydrogen-bond donors (Lipinski definition) is 3. The largest absolute Gasteiger partial charge is 0.497 e. The van der Waals surface area contributed by atoms with Crippen molar-refractivity contribution in [1.29, 1.82) is 0 Å². The Morgan fingerprint density at radius 2 is 1.55 bits per heavy atom. The van der Waals surface area contributed by atoms with Crippen LogP contribution in [0.4, 0.5) is 28.7 Å². The summed E-state index contributed by atoms with van der Waals surface area (Å²) >= 11 is 0. The number of fused-ring (bicyclic) bond motifs is 1. The molecule has 0 atom stereocenters. The Morgan fingerprint density at radius 3 is 2.19 bits per heavy atom. The van der Waals surface area contributed by atoms with E-state index in [1.54, 1.807) is 74.9 Å². The molecule has 1 fully saturated rings. The fourth-order valence-corrected chi connectivity index (χ4v) is 5.26. The summed E-state index contributed by atoms with van der Waals surface area (Å²) in [5, 5.41) is 6.09. The highest BCUT2D eigenvalue weighted by molar-refractivity contribution is 7.74. The van der Waals surface area contributed by atoms with Crippen LogP contribution in [-0.4, -0.2) is 88.1 Å². The molecule has 3 aromatic carbocycles. The molecule has 5 rings (SSSR count). The number of methoxy groups -OCH3 is 2. The van der Waals surface area contributed by atoms with E-state index in [0.717, 1.165) is 30.5 Å². The van der Waals surface area contributed by atoms with Crippen LogP contribution in [0.25, 0.3) is 11.0 Å². The first kappa shape index (κ1) is 29.0. The number of nitrogens with zero attached hydrogens (tertiary/aromatic N) is 5. The Kier molecular flexibility index (Phi) is 9.00. The Morgan fingerprint density at radius 1 is 0.881 bits per heavy atom. The lowest BCUT2D eigenvalue weighted by atomic mass is 10.2. The molecule has 1 saturated heterocycles. The van der Waals surface area contributed by atoms with E-state index in [1.165, 1.54) is 0 Å². The highest BCUT2D eigenvalue weighted by Gasteiger charge is 2.22. The summed E-state index contributed by atoms with van der Waals surface area (Å²) in [7, 11) is 1.93. The molecule has 0 aliphatic carbocycles. The van der Waals surface area contributed by atoms with Gasteiger partial charge in [0.05, 0.1) is 37.5 Å². The molecule has 1 amide bonds. The maximum atomic E-state index is 12.8. The van der Waals surface area contributed by atoms with E-state index in [-0.39, 0.29) is 24.1 Å². The van der Waals surface area contributed by atoms with E-state index < -0.39 is 10.9 Å². The lowest BCUT2D eigenvalue weighted by Crippen LogP contribution is -2.47. The number of nitrogens with one attached hydrogen (secondary N) is 2. The van der Waals surface area contributed by atoms with E-state index in [4.69, 9.17) is 14.5 Å². The topological polar surface area (TPSA) is 129 Å². The quantitative estimate of drug-likeness (QED) is 0.237. The normalized spacial score (nSPS) is 14.1. The van der Waals surface area contributed by atoms with Gasteiger partial charge in [-0.1, -0.05) is 18.2 Å². The average Bonchev–Trinajstić information content (AvgIpc) is 2.98. The Labute approximate surface area is 246 Å². The van der Waals surface area contributed by atoms with Crippen LogP contribution in [0.3, 0.4) is 0 Å². The van der Waals surface area contributed by atoms with Gasteiger partial charge in [0.1, 0.15) is 11.5 Å². The van der Waals surface area contributed by atoms with Crippen molar-refractivity contribution in [2.24, 2.45) is 0 Å². The maximum absolute atomic E-state index is 12.8. The number of benzene rings is 3. The van der Waals surface area contributed by atoms with Crippen LogP contribution in [0.15, 0.2) is 66.7 Å². The van der Waals surface area contributed by atoms with Gasteiger partial charge in [0.15, 0.2) is 11.6 Å². The van der Waals surface area contributed by atoms with Crippen molar-refractivity contribution < 1.29 is 22.7 Å². The number of piperazine rings is 1. The van der Waals surface area contributed by atoms with Gasteiger partial charge in [0.25, 0.3) is 0 Å². The third kappa shape index (κ3) is 6.87. The van der Waals surface area contributed by atoms with Gasteiger partial charge in [-0.05, 0) is 37.4 Å². The number of amides is 1. The molecule has 12 nitrogen and oxygen atoms in total. The van der Waals surface area contributed by atoms with E-state index in [2.05, 4.69) is 32.5 Å². The molecule has 1 aliphatic heterocycles. The van der Waals surface area contributed by atoms with Crippen LogP contribution in [0.2, 0.25) is 0 Å². The van der Waals surface area contributed by atoms with Crippen LogP contribution < -0.4 is 24.4 Å². The zero-order valence-electron chi connectivity index (χ0n) is 23.6. The lowest BCUT2D eigenvalue weighted by molar-refractivity contribution is -0.117. The highest BCUT2D eigenvalue weighted by Crippen LogP contribution is 2.35. The summed E-state index contributed by atoms with van der Waals surface area (Å²) in [6.07, 6.45) is 0. The van der Waals surface area contributed by atoms with Crippen LogP contribution in [0, 0.1) is 0 Å². The number of aromatic nitrogens is 2. The zero-order chi connectivity index (χ0) is 29.6. The third-order valence-electron chi connectivity index (χ3n) is 6.87. The SMILES string of the molecule is COc1cc(Nc2nc3ccccc3nc2N(c2cccc(NC(=O)CN3CCN(C)CC3)c2)[SH](=O)=O)cc(OC)c1. The second kappa shape index (κ2) is 13.0. The first-order chi connectivity index (χ1) is 20.3. The molecule has 0 unspecified atom stereocenters. The van der Waals surface area contributed by atoms with Gasteiger partial charge in [-0.25, -0.2) is 22.7 Å². The lowest BCUT2D eigenvalue weighted by Gasteiger charge is -2.31. The van der Waals surface area contributed by atoms with Crippen molar-refractivity contribution in [3.8, 4) is 11.5 Å². The van der Waals surface area contributed by atoms with Gasteiger partial charge in [-0.15, -0.1) is 0 Å². The molecule has 13 heteroatoms. The standard InChI is InChI=1S/C29H33N7O5S/c1-34-11-13-35(14-12-34)19-27(37)30-20-7-6-8-22(15-20)36(42(38)39)29-28(32-25-9-4-5-10-26(25)33-29)31-21-16-23(40-2)18-24(17-21)41-3/h4-10,15-18,42H,11-14,19H2,1-3H3,(H,30,37)(H,31,32). The van der Waals surface area contributed by atoms with Gasteiger partial charge in [0.2, 0.25) is 16.8 Å². The summed E-state index contributed by atoms with van der Waals surface area (Å²) in [5.41, 5.74) is 2.40. The van der Waals surface area contributed by atoms with E-state index in [0.29, 0.717) is 39.6 Å². The van der Waals surface area contributed by atoms with Crippen molar-refractivity contribution >= 4 is 56.5 Å². The van der Waals surface area contributed by atoms with Crippen molar-refractivity contribution in [2.45, 2.75) is 0 Å². The van der Waals surface area contributed by atoms with Crippen molar-refractivity contribution in [3.63, 3.8) is 0 Å². The minimum absolute atomic E-state index is 0.0625. The van der Waals surface area contributed by atoms with Crippen LogP contribution in [0.1, 0.15) is 0 Å². The molecule has 0 spiro atoms. The molecule has 220 valence electrons. The first-order valence-electron chi connectivity index (χ1n) is 13.3. The van der Waals surface area contributed by atoms with Gasteiger partial charge in [0, 0.05) is 55.8 Å². The maximum Gasteiger partial charge on any atom is 0.238 e. The molecule has 2 heterocycles. The van der Waals surface area contributed by atoms with Gasteiger partial charge in [-0.2, -0.15) is 0 Å². The van der Waals surface area contributed by atoms with Crippen LogP contribution in [0.5, 0.6) is 11.5 Å². The number of ether oxygens (including phenoxy) is 2. The minimum Gasteiger partial charge on any atom is -0.497 e. The molecule has 4 aromatic rings. The minimum atomic E-state index is -3.22. The van der Waals surface area contributed by atoms with Crippen molar-refractivity contribution in [3.05, 3.63) is 66.7 Å². The third-order valence-corrected chi connectivity index (χ3v) is 7.61. The van der Waals surface area contributed by atoms with Gasteiger partial charge < -0.3 is 25.0 Å². The molecular weight excluding hydrogens is 558 g/mol. The molecule has 0 radical (unpaired) electrons. The number of likely N-dealkylation sites (N-methyl/N-ethyl adjacent to an activating group) is 1. The number of para-hydroxylation sites is 2. The summed E-state index contributed by atoms with van der Waals surface area (Å²) in [6, 6.07) is 19.0. The number of anilines is 5. The zero-order valence-corrected chi connectivity index (χ0v) is 24.5. The summed E-state index contributed by atoms with van der Waals surface area (Å²) < 4.78 is 37.4. The Bertz CT molecular complexity index is 1630. The summed E-state index contributed by atoms with van der Waals surface area (Å²) in [4.78, 5) is 26.5. The predicted molar refractivity (Wildman–Crippen MR) is 164 cm³/mol. The fourth-order valence-electron chi connectivity index (χ4n) is 4.66. The average molecular weight is 592 g/mol. The molecule has 1 aliphatic rings. The van der Waals surface area contributed by atoms with Gasteiger partial charge in [-0.3, -0.25) is 9.69 Å². The highest BCUT2D eigenvalue weighted by atomic mass is 32.2. The molecule has 42 heavy (non-hydrogen) atoms. The molecular formula is C29H33N7O5S. The van der Waals surface area contributed by atoms with E-state index >= 15 is 0 Å². The second-order valence-corrected chi connectivity index (χ2v) is 10.7. The first-order valence-corrected chi connectivity index (χ1v) is 14.5.